The Hall–Kier alpha value is -1.36. The van der Waals surface area contributed by atoms with Crippen LogP contribution in [0.25, 0.3) is 0 Å². The largest absolute Gasteiger partial charge is 0.462 e. The molecule has 0 bridgehead atoms. The molecule has 5 heteroatoms. The Morgan fingerprint density at radius 1 is 1.24 bits per heavy atom. The molecule has 0 aromatic heterocycles. The van der Waals surface area contributed by atoms with Crippen molar-refractivity contribution in [3.8, 4) is 0 Å². The van der Waals surface area contributed by atoms with Crippen molar-refractivity contribution in [2.24, 2.45) is 5.92 Å². The summed E-state index contributed by atoms with van der Waals surface area (Å²) < 4.78 is 5.44. The summed E-state index contributed by atoms with van der Waals surface area (Å²) in [5, 5.41) is 0. The molecule has 2 rings (SSSR count). The van der Waals surface area contributed by atoms with Crippen molar-refractivity contribution in [3.63, 3.8) is 0 Å². The lowest BCUT2D eigenvalue weighted by Crippen LogP contribution is -2.34. The monoisotopic (exact) mass is 411 g/mol. The van der Waals surface area contributed by atoms with E-state index in [1.807, 2.05) is 32.9 Å². The minimum atomic E-state index is -0.318. The molecule has 1 aromatic rings. The van der Waals surface area contributed by atoms with Gasteiger partial charge in [-0.05, 0) is 67.6 Å². The van der Waals surface area contributed by atoms with Gasteiger partial charge in [-0.2, -0.15) is 0 Å². The minimum absolute atomic E-state index is 0.318. The van der Waals surface area contributed by atoms with Gasteiger partial charge in [-0.15, -0.1) is 0 Å². The molecule has 0 unspecified atom stereocenters. The van der Waals surface area contributed by atoms with E-state index in [0.29, 0.717) is 6.47 Å². The number of rotatable bonds is 5. The third-order valence-electron chi connectivity index (χ3n) is 4.20. The Morgan fingerprint density at radius 3 is 2.32 bits per heavy atom. The zero-order valence-electron chi connectivity index (χ0n) is 15.8. The van der Waals surface area contributed by atoms with Crippen molar-refractivity contribution >= 4 is 34.4 Å². The number of nitrogens with zero attached hydrogens (tertiary/aromatic N) is 1. The van der Waals surface area contributed by atoms with Crippen molar-refractivity contribution < 1.29 is 14.3 Å². The summed E-state index contributed by atoms with van der Waals surface area (Å²) in [6, 6.07) is 5.98. The lowest BCUT2D eigenvalue weighted by molar-refractivity contribution is -0.138. The maximum Gasteiger partial charge on any atom is 0.293 e. The predicted molar refractivity (Wildman–Crippen MR) is 106 cm³/mol. The Kier molecular flexibility index (Phi) is 9.19. The van der Waals surface area contributed by atoms with E-state index in [0.717, 1.165) is 41.0 Å². The summed E-state index contributed by atoms with van der Waals surface area (Å²) in [4.78, 5) is 23.1. The maximum atomic E-state index is 11.2. The summed E-state index contributed by atoms with van der Waals surface area (Å²) in [7, 11) is 0. The van der Waals surface area contributed by atoms with Crippen LogP contribution in [0.5, 0.6) is 0 Å². The second-order valence-corrected chi connectivity index (χ2v) is 8.19. The van der Waals surface area contributed by atoms with E-state index in [9.17, 15) is 9.59 Å². The van der Waals surface area contributed by atoms with E-state index in [2.05, 4.69) is 38.6 Å². The summed E-state index contributed by atoms with van der Waals surface area (Å²) in [5.74, 6) is 0.873. The molecule has 25 heavy (non-hydrogen) atoms. The molecule has 0 N–H and O–H groups in total. The number of piperidine rings is 1. The number of benzene rings is 1. The highest BCUT2D eigenvalue weighted by Crippen LogP contribution is 2.30. The van der Waals surface area contributed by atoms with Crippen molar-refractivity contribution in [1.29, 1.82) is 0 Å². The lowest BCUT2D eigenvalue weighted by atomic mass is 9.92. The standard InChI is InChI=1S/C15H20BrNO.C5H10O2/c1-2-4-12-7-9-17(10-8-12)15-6-3-5-14(16)13(15)11-18;1-5(2,3)7-4-6/h3,5-6,11-12H,2,4,7-10H2,1H3;4H,1-3H3. The number of hydrogen-bond donors (Lipinski definition) is 0. The third kappa shape index (κ3) is 7.59. The fraction of sp³-hybridized carbons (Fsp3) is 0.600. The zero-order valence-corrected chi connectivity index (χ0v) is 17.3. The van der Waals surface area contributed by atoms with E-state index in [1.54, 1.807) is 0 Å². The topological polar surface area (TPSA) is 46.6 Å². The van der Waals surface area contributed by atoms with Gasteiger partial charge < -0.3 is 9.64 Å². The van der Waals surface area contributed by atoms with Crippen molar-refractivity contribution in [3.05, 3.63) is 28.2 Å². The van der Waals surface area contributed by atoms with Crippen LogP contribution in [-0.2, 0) is 9.53 Å². The number of ether oxygens (including phenoxy) is 1. The second kappa shape index (κ2) is 10.6. The molecule has 0 aliphatic carbocycles. The molecule has 1 saturated heterocycles. The molecule has 1 aromatic carbocycles. The zero-order chi connectivity index (χ0) is 18.9. The predicted octanol–water partition coefficient (Wildman–Crippen LogP) is 5.24. The first kappa shape index (κ1) is 21.7. The highest BCUT2D eigenvalue weighted by Gasteiger charge is 2.21. The number of carbonyl (C=O) groups is 2. The molecule has 1 fully saturated rings. The summed E-state index contributed by atoms with van der Waals surface area (Å²) in [5.41, 5.74) is 1.54. The van der Waals surface area contributed by atoms with Crippen LogP contribution in [0, 0.1) is 5.92 Å². The molecule has 0 saturated carbocycles. The number of halogens is 1. The molecule has 1 heterocycles. The molecule has 0 amide bonds. The van der Waals surface area contributed by atoms with Gasteiger partial charge in [-0.1, -0.05) is 25.8 Å². The average molecular weight is 412 g/mol. The summed E-state index contributed by atoms with van der Waals surface area (Å²) in [6.45, 7) is 10.3. The quantitative estimate of drug-likeness (QED) is 0.621. The smallest absolute Gasteiger partial charge is 0.293 e. The molecule has 140 valence electrons. The Morgan fingerprint density at radius 2 is 1.88 bits per heavy atom. The van der Waals surface area contributed by atoms with Gasteiger partial charge in [0.15, 0.2) is 6.29 Å². The van der Waals surface area contributed by atoms with Crippen LogP contribution in [0.3, 0.4) is 0 Å². The van der Waals surface area contributed by atoms with Crippen molar-refractivity contribution in [2.45, 2.75) is 59.0 Å². The van der Waals surface area contributed by atoms with Crippen molar-refractivity contribution in [1.82, 2.24) is 0 Å². The summed E-state index contributed by atoms with van der Waals surface area (Å²) >= 11 is 3.45. The minimum Gasteiger partial charge on any atom is -0.462 e. The van der Waals surface area contributed by atoms with Gasteiger partial charge in [0, 0.05) is 23.2 Å². The van der Waals surface area contributed by atoms with Crippen LogP contribution in [0.4, 0.5) is 5.69 Å². The molecule has 4 nitrogen and oxygen atoms in total. The normalized spacial score (nSPS) is 15.2. The number of anilines is 1. The Bertz CT molecular complexity index is 546. The Balaban J connectivity index is 0.000000381. The molecule has 0 radical (unpaired) electrons. The second-order valence-electron chi connectivity index (χ2n) is 7.34. The number of aldehydes is 1. The van der Waals surface area contributed by atoms with Crippen LogP contribution < -0.4 is 4.90 Å². The maximum absolute atomic E-state index is 11.2. The first-order valence-corrected chi connectivity index (χ1v) is 9.71. The van der Waals surface area contributed by atoms with Crippen LogP contribution in [0.2, 0.25) is 0 Å². The van der Waals surface area contributed by atoms with Gasteiger partial charge in [-0.3, -0.25) is 9.59 Å². The van der Waals surface area contributed by atoms with E-state index < -0.39 is 0 Å². The molecule has 1 aliphatic rings. The molecule has 1 aliphatic heterocycles. The molecular formula is C20H30BrNO3. The van der Waals surface area contributed by atoms with E-state index >= 15 is 0 Å². The van der Waals surface area contributed by atoms with Crippen LogP contribution >= 0.6 is 15.9 Å². The SMILES string of the molecule is CC(C)(C)OC=O.CCCC1CCN(c2cccc(Br)c2C=O)CC1. The van der Waals surface area contributed by atoms with Crippen molar-refractivity contribution in [2.75, 3.05) is 18.0 Å². The number of carbonyl (C=O) groups excluding carboxylic acids is 2. The highest BCUT2D eigenvalue weighted by atomic mass is 79.9. The first-order chi connectivity index (χ1) is 11.8. The van der Waals surface area contributed by atoms with Gasteiger partial charge in [0.25, 0.3) is 6.47 Å². The van der Waals surface area contributed by atoms with E-state index in [1.165, 1.54) is 25.7 Å². The molecule has 0 atom stereocenters. The highest BCUT2D eigenvalue weighted by molar-refractivity contribution is 9.10. The molecule has 0 spiro atoms. The first-order valence-electron chi connectivity index (χ1n) is 8.92. The Labute approximate surface area is 160 Å². The van der Waals surface area contributed by atoms with Crippen LogP contribution in [0.1, 0.15) is 63.7 Å². The summed E-state index contributed by atoms with van der Waals surface area (Å²) in [6.07, 6.45) is 6.07. The van der Waals surface area contributed by atoms with Crippen LogP contribution in [0.15, 0.2) is 22.7 Å². The molecular weight excluding hydrogens is 382 g/mol. The van der Waals surface area contributed by atoms with Gasteiger partial charge in [0.1, 0.15) is 5.60 Å². The van der Waals surface area contributed by atoms with Gasteiger partial charge in [0.2, 0.25) is 0 Å². The average Bonchev–Trinajstić information content (AvgIpc) is 2.55. The fourth-order valence-electron chi connectivity index (χ4n) is 2.93. The lowest BCUT2D eigenvalue weighted by Gasteiger charge is -2.34. The van der Waals surface area contributed by atoms with E-state index in [4.69, 9.17) is 0 Å². The van der Waals surface area contributed by atoms with E-state index in [-0.39, 0.29) is 5.60 Å². The van der Waals surface area contributed by atoms with Crippen LogP contribution in [-0.4, -0.2) is 31.4 Å². The van der Waals surface area contributed by atoms with Gasteiger partial charge >= 0.3 is 0 Å². The fourth-order valence-corrected chi connectivity index (χ4v) is 3.38. The third-order valence-corrected chi connectivity index (χ3v) is 4.89. The number of hydrogen-bond acceptors (Lipinski definition) is 4. The van der Waals surface area contributed by atoms with Gasteiger partial charge in [0.05, 0.1) is 5.56 Å². The van der Waals surface area contributed by atoms with Gasteiger partial charge in [-0.25, -0.2) is 0 Å².